The number of nitrogens with one attached hydrogen (secondary N) is 3. The summed E-state index contributed by atoms with van der Waals surface area (Å²) in [5.74, 6) is 0.229. The van der Waals surface area contributed by atoms with E-state index in [1.807, 2.05) is 13.8 Å². The first-order valence-electron chi connectivity index (χ1n) is 8.41. The molecule has 2 aromatic carbocycles. The number of rotatable bonds is 6. The quantitative estimate of drug-likeness (QED) is 0.491. The summed E-state index contributed by atoms with van der Waals surface area (Å²) >= 11 is 10.9. The summed E-state index contributed by atoms with van der Waals surface area (Å²) in [7, 11) is 0. The summed E-state index contributed by atoms with van der Waals surface area (Å²) in [6, 6.07) is 11.8. The Morgan fingerprint density at radius 1 is 1.11 bits per heavy atom. The molecule has 0 aromatic heterocycles. The number of thiocarbonyl (C=S) groups is 1. The second-order valence-corrected chi connectivity index (χ2v) is 6.46. The molecular formula is C19H20ClN3O4S. The fourth-order valence-electron chi connectivity index (χ4n) is 2.18. The molecule has 0 spiro atoms. The monoisotopic (exact) mass is 421 g/mol. The second kappa shape index (κ2) is 10.5. The standard InChI is InChI=1S/C19H20ClN3O4S/c1-3-26-15-6-4-5-13(10-15)18(25)21-19(28)23-22-17(24)11-27-16-8-7-14(20)9-12(16)2/h4-10H,3,11H2,1-2H3,(H,22,24)(H2,21,23,25,28). The highest BCUT2D eigenvalue weighted by Crippen LogP contribution is 2.21. The van der Waals surface area contributed by atoms with Gasteiger partial charge in [-0.15, -0.1) is 0 Å². The van der Waals surface area contributed by atoms with E-state index >= 15 is 0 Å². The van der Waals surface area contributed by atoms with Gasteiger partial charge in [-0.1, -0.05) is 17.7 Å². The molecule has 28 heavy (non-hydrogen) atoms. The van der Waals surface area contributed by atoms with Crippen LogP contribution in [-0.4, -0.2) is 30.1 Å². The summed E-state index contributed by atoms with van der Waals surface area (Å²) < 4.78 is 10.8. The van der Waals surface area contributed by atoms with E-state index in [-0.39, 0.29) is 11.7 Å². The number of carbonyl (C=O) groups is 2. The van der Waals surface area contributed by atoms with Crippen LogP contribution in [0.15, 0.2) is 42.5 Å². The van der Waals surface area contributed by atoms with Crippen LogP contribution in [0.25, 0.3) is 0 Å². The van der Waals surface area contributed by atoms with Crippen LogP contribution >= 0.6 is 23.8 Å². The summed E-state index contributed by atoms with van der Waals surface area (Å²) in [5, 5.41) is 3.00. The van der Waals surface area contributed by atoms with Gasteiger partial charge in [0.05, 0.1) is 6.61 Å². The molecule has 2 amide bonds. The van der Waals surface area contributed by atoms with Crippen molar-refractivity contribution in [1.29, 1.82) is 0 Å². The number of hydrogen-bond donors (Lipinski definition) is 3. The number of hydrogen-bond acceptors (Lipinski definition) is 5. The van der Waals surface area contributed by atoms with Crippen molar-refractivity contribution in [3.05, 3.63) is 58.6 Å². The maximum absolute atomic E-state index is 12.2. The highest BCUT2D eigenvalue weighted by atomic mass is 35.5. The molecule has 0 aliphatic heterocycles. The normalized spacial score (nSPS) is 9.96. The lowest BCUT2D eigenvalue weighted by molar-refractivity contribution is -0.123. The fraction of sp³-hybridized carbons (Fsp3) is 0.211. The second-order valence-electron chi connectivity index (χ2n) is 5.62. The molecule has 0 saturated carbocycles. The van der Waals surface area contributed by atoms with E-state index < -0.39 is 11.8 Å². The largest absolute Gasteiger partial charge is 0.494 e. The number of amides is 2. The highest BCUT2D eigenvalue weighted by Gasteiger charge is 2.10. The molecule has 0 unspecified atom stereocenters. The van der Waals surface area contributed by atoms with Crippen LogP contribution < -0.4 is 25.6 Å². The predicted molar refractivity (Wildman–Crippen MR) is 111 cm³/mol. The number of ether oxygens (including phenoxy) is 2. The van der Waals surface area contributed by atoms with Gasteiger partial charge in [0.2, 0.25) is 0 Å². The number of carbonyl (C=O) groups excluding carboxylic acids is 2. The number of hydrazine groups is 1. The third-order valence-corrected chi connectivity index (χ3v) is 3.88. The van der Waals surface area contributed by atoms with Crippen molar-refractivity contribution >= 4 is 40.7 Å². The van der Waals surface area contributed by atoms with Crippen molar-refractivity contribution in [1.82, 2.24) is 16.2 Å². The Balaban J connectivity index is 1.77. The van der Waals surface area contributed by atoms with E-state index in [0.717, 1.165) is 5.56 Å². The summed E-state index contributed by atoms with van der Waals surface area (Å²) in [5.41, 5.74) is 5.99. The first-order chi connectivity index (χ1) is 13.4. The van der Waals surface area contributed by atoms with Crippen LogP contribution in [0, 0.1) is 6.92 Å². The maximum atomic E-state index is 12.2. The molecule has 0 aliphatic carbocycles. The third kappa shape index (κ3) is 6.71. The van der Waals surface area contributed by atoms with E-state index in [9.17, 15) is 9.59 Å². The van der Waals surface area contributed by atoms with E-state index in [2.05, 4.69) is 16.2 Å². The van der Waals surface area contributed by atoms with Crippen LogP contribution in [-0.2, 0) is 4.79 Å². The molecule has 148 valence electrons. The SMILES string of the molecule is CCOc1cccc(C(=O)NC(=S)NNC(=O)COc2ccc(Cl)cc2C)c1. The van der Waals surface area contributed by atoms with Crippen molar-refractivity contribution in [3.63, 3.8) is 0 Å². The Bertz CT molecular complexity index is 876. The van der Waals surface area contributed by atoms with Crippen molar-refractivity contribution in [2.75, 3.05) is 13.2 Å². The van der Waals surface area contributed by atoms with Crippen molar-refractivity contribution in [2.45, 2.75) is 13.8 Å². The molecule has 0 heterocycles. The predicted octanol–water partition coefficient (Wildman–Crippen LogP) is 2.76. The molecule has 0 aliphatic rings. The summed E-state index contributed by atoms with van der Waals surface area (Å²) in [6.07, 6.45) is 0. The van der Waals surface area contributed by atoms with Crippen molar-refractivity contribution in [2.24, 2.45) is 0 Å². The minimum absolute atomic E-state index is 0.0529. The number of aryl methyl sites for hydroxylation is 1. The van der Waals surface area contributed by atoms with Gasteiger partial charge in [0.1, 0.15) is 11.5 Å². The first kappa shape index (κ1) is 21.5. The minimum Gasteiger partial charge on any atom is -0.494 e. The zero-order valence-corrected chi connectivity index (χ0v) is 16.9. The van der Waals surface area contributed by atoms with Crippen LogP contribution in [0.2, 0.25) is 5.02 Å². The Labute approximate surface area is 173 Å². The Hall–Kier alpha value is -2.84. The summed E-state index contributed by atoms with van der Waals surface area (Å²) in [6.45, 7) is 3.94. The van der Waals surface area contributed by atoms with E-state index in [1.54, 1.807) is 42.5 Å². The van der Waals surface area contributed by atoms with E-state index in [0.29, 0.717) is 28.7 Å². The number of benzene rings is 2. The molecule has 0 fully saturated rings. The molecule has 3 N–H and O–H groups in total. The van der Waals surface area contributed by atoms with E-state index in [4.69, 9.17) is 33.3 Å². The molecule has 0 bridgehead atoms. The fourth-order valence-corrected chi connectivity index (χ4v) is 2.55. The molecule has 0 radical (unpaired) electrons. The van der Waals surface area contributed by atoms with Crippen LogP contribution in [0.3, 0.4) is 0 Å². The topological polar surface area (TPSA) is 88.7 Å². The number of halogens is 1. The lowest BCUT2D eigenvalue weighted by atomic mass is 10.2. The maximum Gasteiger partial charge on any atom is 0.276 e. The lowest BCUT2D eigenvalue weighted by Crippen LogP contribution is -2.49. The van der Waals surface area contributed by atoms with Crippen LogP contribution in [0.4, 0.5) is 0 Å². The highest BCUT2D eigenvalue weighted by molar-refractivity contribution is 7.80. The Kier molecular flexibility index (Phi) is 8.03. The molecule has 0 saturated heterocycles. The van der Waals surface area contributed by atoms with Gasteiger partial charge in [-0.25, -0.2) is 0 Å². The smallest absolute Gasteiger partial charge is 0.276 e. The Morgan fingerprint density at radius 2 is 1.89 bits per heavy atom. The molecular weight excluding hydrogens is 402 g/mol. The minimum atomic E-state index is -0.468. The third-order valence-electron chi connectivity index (χ3n) is 3.45. The van der Waals surface area contributed by atoms with Crippen LogP contribution in [0.1, 0.15) is 22.8 Å². The zero-order valence-electron chi connectivity index (χ0n) is 15.4. The zero-order chi connectivity index (χ0) is 20.5. The molecule has 2 aromatic rings. The van der Waals surface area contributed by atoms with Gasteiger partial charge in [-0.3, -0.25) is 25.8 Å². The van der Waals surface area contributed by atoms with Gasteiger partial charge < -0.3 is 9.47 Å². The van der Waals surface area contributed by atoms with Crippen molar-refractivity contribution in [3.8, 4) is 11.5 Å². The summed E-state index contributed by atoms with van der Waals surface area (Å²) in [4.78, 5) is 24.0. The van der Waals surface area contributed by atoms with Gasteiger partial charge in [0, 0.05) is 10.6 Å². The van der Waals surface area contributed by atoms with Crippen molar-refractivity contribution < 1.29 is 19.1 Å². The van der Waals surface area contributed by atoms with Gasteiger partial charge in [0.25, 0.3) is 11.8 Å². The average molecular weight is 422 g/mol. The Morgan fingerprint density at radius 3 is 2.61 bits per heavy atom. The van der Waals surface area contributed by atoms with E-state index in [1.165, 1.54) is 0 Å². The van der Waals surface area contributed by atoms with Gasteiger partial charge in [-0.05, 0) is 68.0 Å². The van der Waals surface area contributed by atoms with Gasteiger partial charge in [0.15, 0.2) is 11.7 Å². The molecule has 2 rings (SSSR count). The van der Waals surface area contributed by atoms with Crippen LogP contribution in [0.5, 0.6) is 11.5 Å². The first-order valence-corrected chi connectivity index (χ1v) is 9.19. The lowest BCUT2D eigenvalue weighted by Gasteiger charge is -2.12. The molecule has 0 atom stereocenters. The average Bonchev–Trinajstić information content (AvgIpc) is 2.66. The van der Waals surface area contributed by atoms with Gasteiger partial charge >= 0.3 is 0 Å². The molecule has 9 heteroatoms. The van der Waals surface area contributed by atoms with Gasteiger partial charge in [-0.2, -0.15) is 0 Å². The molecule has 7 nitrogen and oxygen atoms in total.